The fourth-order valence-electron chi connectivity index (χ4n) is 1.74. The molecular formula is C14H24N2. The van der Waals surface area contributed by atoms with Crippen molar-refractivity contribution < 1.29 is 0 Å². The molecule has 16 heavy (non-hydrogen) atoms. The van der Waals surface area contributed by atoms with Crippen LogP contribution < -0.4 is 11.1 Å². The Balaban J connectivity index is 2.52. The van der Waals surface area contributed by atoms with Crippen molar-refractivity contribution in [3.8, 4) is 0 Å². The van der Waals surface area contributed by atoms with E-state index in [2.05, 4.69) is 38.2 Å². The van der Waals surface area contributed by atoms with Gasteiger partial charge in [0.05, 0.1) is 0 Å². The van der Waals surface area contributed by atoms with Crippen molar-refractivity contribution in [2.75, 3.05) is 18.8 Å². The number of nitrogens with two attached hydrogens (primary N) is 1. The first-order valence-corrected chi connectivity index (χ1v) is 6.13. The van der Waals surface area contributed by atoms with E-state index in [1.807, 2.05) is 12.1 Å². The van der Waals surface area contributed by atoms with Gasteiger partial charge >= 0.3 is 0 Å². The number of anilines is 1. The van der Waals surface area contributed by atoms with Gasteiger partial charge in [0.25, 0.3) is 0 Å². The Morgan fingerprint density at radius 3 is 2.38 bits per heavy atom. The molecule has 0 aromatic heterocycles. The van der Waals surface area contributed by atoms with Gasteiger partial charge in [-0.3, -0.25) is 0 Å². The number of nitrogen functional groups attached to an aromatic ring is 1. The molecule has 0 aliphatic heterocycles. The van der Waals surface area contributed by atoms with Crippen LogP contribution in [0.4, 0.5) is 5.69 Å². The summed E-state index contributed by atoms with van der Waals surface area (Å²) in [6, 6.07) is 8.19. The molecule has 0 atom stereocenters. The van der Waals surface area contributed by atoms with Gasteiger partial charge in [-0.25, -0.2) is 0 Å². The molecular weight excluding hydrogens is 196 g/mol. The van der Waals surface area contributed by atoms with Crippen LogP contribution in [0.3, 0.4) is 0 Å². The second-order valence-electron chi connectivity index (χ2n) is 5.04. The first-order valence-electron chi connectivity index (χ1n) is 6.13. The van der Waals surface area contributed by atoms with E-state index in [1.165, 1.54) is 18.4 Å². The van der Waals surface area contributed by atoms with E-state index in [-0.39, 0.29) is 5.41 Å². The van der Waals surface area contributed by atoms with Crippen molar-refractivity contribution in [3.63, 3.8) is 0 Å². The van der Waals surface area contributed by atoms with Gasteiger partial charge in [0.2, 0.25) is 0 Å². The van der Waals surface area contributed by atoms with Crippen LogP contribution >= 0.6 is 0 Å². The smallest absolute Gasteiger partial charge is 0.0314 e. The predicted molar refractivity (Wildman–Crippen MR) is 71.7 cm³/mol. The molecule has 0 aliphatic rings. The third kappa shape index (κ3) is 3.86. The quantitative estimate of drug-likeness (QED) is 0.571. The molecule has 2 heteroatoms. The zero-order chi connectivity index (χ0) is 12.0. The minimum atomic E-state index is 0.168. The summed E-state index contributed by atoms with van der Waals surface area (Å²) in [5.41, 5.74) is 8.03. The highest BCUT2D eigenvalue weighted by molar-refractivity contribution is 5.41. The van der Waals surface area contributed by atoms with Crippen molar-refractivity contribution in [1.82, 2.24) is 5.32 Å². The Morgan fingerprint density at radius 2 is 1.81 bits per heavy atom. The summed E-state index contributed by atoms with van der Waals surface area (Å²) in [5.74, 6) is 0. The second kappa shape index (κ2) is 5.90. The van der Waals surface area contributed by atoms with Gasteiger partial charge in [-0.15, -0.1) is 0 Å². The minimum Gasteiger partial charge on any atom is -0.399 e. The molecule has 3 N–H and O–H groups in total. The highest BCUT2D eigenvalue weighted by Gasteiger charge is 2.19. The van der Waals surface area contributed by atoms with Crippen LogP contribution in [0.25, 0.3) is 0 Å². The molecule has 0 aliphatic carbocycles. The average Bonchev–Trinajstić information content (AvgIpc) is 2.25. The predicted octanol–water partition coefficient (Wildman–Crippen LogP) is 2.94. The van der Waals surface area contributed by atoms with Crippen molar-refractivity contribution >= 4 is 5.69 Å². The number of benzene rings is 1. The lowest BCUT2D eigenvalue weighted by molar-refractivity contribution is 0.465. The lowest BCUT2D eigenvalue weighted by atomic mass is 9.84. The molecule has 0 radical (unpaired) electrons. The molecule has 90 valence electrons. The Bertz CT molecular complexity index is 301. The van der Waals surface area contributed by atoms with E-state index in [0.29, 0.717) is 0 Å². The van der Waals surface area contributed by atoms with Crippen LogP contribution in [0, 0.1) is 0 Å². The maximum absolute atomic E-state index is 5.69. The highest BCUT2D eigenvalue weighted by Crippen LogP contribution is 2.23. The van der Waals surface area contributed by atoms with Gasteiger partial charge < -0.3 is 11.1 Å². The molecule has 0 bridgehead atoms. The van der Waals surface area contributed by atoms with E-state index < -0.39 is 0 Å². The van der Waals surface area contributed by atoms with Crippen LogP contribution in [-0.2, 0) is 5.41 Å². The van der Waals surface area contributed by atoms with E-state index >= 15 is 0 Å². The van der Waals surface area contributed by atoms with Crippen LogP contribution in [0.5, 0.6) is 0 Å². The second-order valence-corrected chi connectivity index (χ2v) is 5.04. The Kier molecular flexibility index (Phi) is 4.81. The molecule has 1 aromatic carbocycles. The fraction of sp³-hybridized carbons (Fsp3) is 0.571. The van der Waals surface area contributed by atoms with Crippen molar-refractivity contribution in [2.45, 2.75) is 39.0 Å². The largest absolute Gasteiger partial charge is 0.399 e. The Labute approximate surface area is 99.2 Å². The number of hydrogen-bond acceptors (Lipinski definition) is 2. The lowest BCUT2D eigenvalue weighted by Gasteiger charge is -2.26. The van der Waals surface area contributed by atoms with Crippen molar-refractivity contribution in [2.24, 2.45) is 0 Å². The molecule has 2 nitrogen and oxygen atoms in total. The van der Waals surface area contributed by atoms with E-state index in [9.17, 15) is 0 Å². The van der Waals surface area contributed by atoms with Crippen LogP contribution in [0.1, 0.15) is 39.2 Å². The third-order valence-corrected chi connectivity index (χ3v) is 2.97. The van der Waals surface area contributed by atoms with Gasteiger partial charge in [-0.1, -0.05) is 39.3 Å². The van der Waals surface area contributed by atoms with Gasteiger partial charge in [-0.05, 0) is 30.7 Å². The Morgan fingerprint density at radius 1 is 1.19 bits per heavy atom. The topological polar surface area (TPSA) is 38.0 Å². The molecule has 0 amide bonds. The number of unbranched alkanes of at least 4 members (excludes halogenated alkanes) is 1. The first kappa shape index (κ1) is 13.0. The summed E-state index contributed by atoms with van der Waals surface area (Å²) in [6.07, 6.45) is 2.49. The summed E-state index contributed by atoms with van der Waals surface area (Å²) >= 11 is 0. The molecule has 1 rings (SSSR count). The summed E-state index contributed by atoms with van der Waals surface area (Å²) in [4.78, 5) is 0. The normalized spacial score (nSPS) is 11.7. The molecule has 0 saturated heterocycles. The first-order chi connectivity index (χ1) is 7.56. The Hall–Kier alpha value is -1.02. The number of nitrogens with one attached hydrogen (secondary N) is 1. The van der Waals surface area contributed by atoms with Gasteiger partial charge in [0.15, 0.2) is 0 Å². The number of hydrogen-bond donors (Lipinski definition) is 2. The highest BCUT2D eigenvalue weighted by atomic mass is 14.9. The third-order valence-electron chi connectivity index (χ3n) is 2.97. The van der Waals surface area contributed by atoms with Crippen LogP contribution in [0.15, 0.2) is 24.3 Å². The molecule has 0 spiro atoms. The molecule has 0 saturated carbocycles. The zero-order valence-corrected chi connectivity index (χ0v) is 10.7. The molecule has 0 fully saturated rings. The average molecular weight is 220 g/mol. The van der Waals surface area contributed by atoms with Gasteiger partial charge in [0, 0.05) is 17.6 Å². The standard InChI is InChI=1S/C14H24N2/c1-4-5-10-16-11-14(2,3)12-6-8-13(15)9-7-12/h6-9,16H,4-5,10-11,15H2,1-3H3. The van der Waals surface area contributed by atoms with Gasteiger partial charge in [-0.2, -0.15) is 0 Å². The zero-order valence-electron chi connectivity index (χ0n) is 10.7. The molecule has 1 aromatic rings. The molecule has 0 unspecified atom stereocenters. The maximum atomic E-state index is 5.69. The summed E-state index contributed by atoms with van der Waals surface area (Å²) in [5, 5.41) is 3.51. The van der Waals surface area contributed by atoms with E-state index in [0.717, 1.165) is 18.8 Å². The minimum absolute atomic E-state index is 0.168. The van der Waals surface area contributed by atoms with Crippen LogP contribution in [-0.4, -0.2) is 13.1 Å². The van der Waals surface area contributed by atoms with Crippen molar-refractivity contribution in [3.05, 3.63) is 29.8 Å². The fourth-order valence-corrected chi connectivity index (χ4v) is 1.74. The maximum Gasteiger partial charge on any atom is 0.0314 e. The summed E-state index contributed by atoms with van der Waals surface area (Å²) < 4.78 is 0. The van der Waals surface area contributed by atoms with Gasteiger partial charge in [0.1, 0.15) is 0 Å². The van der Waals surface area contributed by atoms with Crippen molar-refractivity contribution in [1.29, 1.82) is 0 Å². The summed E-state index contributed by atoms with van der Waals surface area (Å²) in [7, 11) is 0. The van der Waals surface area contributed by atoms with E-state index in [4.69, 9.17) is 5.73 Å². The summed E-state index contributed by atoms with van der Waals surface area (Å²) in [6.45, 7) is 8.85. The SMILES string of the molecule is CCCCNCC(C)(C)c1ccc(N)cc1. The van der Waals surface area contributed by atoms with E-state index in [1.54, 1.807) is 0 Å². The molecule has 0 heterocycles. The number of rotatable bonds is 6. The monoisotopic (exact) mass is 220 g/mol. The lowest BCUT2D eigenvalue weighted by Crippen LogP contribution is -2.33. The van der Waals surface area contributed by atoms with Crippen LogP contribution in [0.2, 0.25) is 0 Å².